The van der Waals surface area contributed by atoms with Crippen LogP contribution in [0, 0.1) is 30.1 Å². The largest absolute Gasteiger partial charge is 0.458 e. The Kier molecular flexibility index (Phi) is 4.87. The third-order valence-corrected chi connectivity index (χ3v) is 7.52. The Bertz CT molecular complexity index is 1070. The Morgan fingerprint density at radius 3 is 2.48 bits per heavy atom. The molecule has 2 aromatic heterocycles. The van der Waals surface area contributed by atoms with Crippen LogP contribution in [0.3, 0.4) is 0 Å². The van der Waals surface area contributed by atoms with Crippen LogP contribution in [-0.4, -0.2) is 27.3 Å². The fourth-order valence-corrected chi connectivity index (χ4v) is 6.51. The number of esters is 1. The van der Waals surface area contributed by atoms with Crippen LogP contribution in [0.15, 0.2) is 29.1 Å². The van der Waals surface area contributed by atoms with Crippen LogP contribution in [0.5, 0.6) is 0 Å². The number of ether oxygens (including phenoxy) is 1. The summed E-state index contributed by atoms with van der Waals surface area (Å²) < 4.78 is 6.89. The minimum atomic E-state index is -0.732. The predicted molar refractivity (Wildman–Crippen MR) is 114 cm³/mol. The standard InChI is InChI=1S/C24H29N3O4/c1-14-4-3-5-20-26-19(9-21(28)27(14)20)13-31-22(29)15(2)25-23(30)24-10-16-6-17(11-24)8-18(7-16)12-24/h3-5,9,15-18H,6-8,10-13H2,1-2H3,(H,25,30)/t15-,16?,17?,18?,24?/m0/s1. The minimum Gasteiger partial charge on any atom is -0.458 e. The van der Waals surface area contributed by atoms with Crippen molar-refractivity contribution in [3.63, 3.8) is 0 Å². The first kappa shape index (κ1) is 20.2. The summed E-state index contributed by atoms with van der Waals surface area (Å²) in [7, 11) is 0. The Labute approximate surface area is 181 Å². The number of amides is 1. The highest BCUT2D eigenvalue weighted by atomic mass is 16.5. The van der Waals surface area contributed by atoms with Crippen LogP contribution in [0.1, 0.15) is 56.8 Å². The molecule has 2 heterocycles. The van der Waals surface area contributed by atoms with Gasteiger partial charge in [-0.2, -0.15) is 0 Å². The molecule has 1 N–H and O–H groups in total. The fourth-order valence-electron chi connectivity index (χ4n) is 6.51. The van der Waals surface area contributed by atoms with E-state index in [-0.39, 0.29) is 23.5 Å². The van der Waals surface area contributed by atoms with Crippen LogP contribution in [-0.2, 0) is 20.9 Å². The monoisotopic (exact) mass is 423 g/mol. The molecule has 6 rings (SSSR count). The van der Waals surface area contributed by atoms with Crippen molar-refractivity contribution in [2.45, 2.75) is 65.0 Å². The van der Waals surface area contributed by atoms with Gasteiger partial charge in [-0.3, -0.25) is 14.0 Å². The van der Waals surface area contributed by atoms with E-state index in [2.05, 4.69) is 10.3 Å². The van der Waals surface area contributed by atoms with Gasteiger partial charge in [-0.1, -0.05) is 6.07 Å². The van der Waals surface area contributed by atoms with Crippen molar-refractivity contribution in [2.75, 3.05) is 0 Å². The van der Waals surface area contributed by atoms with E-state index in [9.17, 15) is 14.4 Å². The molecule has 4 bridgehead atoms. The number of aromatic nitrogens is 2. The van der Waals surface area contributed by atoms with Gasteiger partial charge in [0, 0.05) is 17.2 Å². The van der Waals surface area contributed by atoms with Crippen molar-refractivity contribution in [3.8, 4) is 0 Å². The average Bonchev–Trinajstić information content (AvgIpc) is 2.70. The van der Waals surface area contributed by atoms with Crippen molar-refractivity contribution in [1.82, 2.24) is 14.7 Å². The molecule has 2 aromatic rings. The minimum absolute atomic E-state index is 0.00796. The molecule has 0 spiro atoms. The maximum atomic E-state index is 13.1. The number of nitrogens with zero attached hydrogens (tertiary/aromatic N) is 2. The molecule has 1 amide bonds. The lowest BCUT2D eigenvalue weighted by Gasteiger charge is -2.55. The Balaban J connectivity index is 1.22. The van der Waals surface area contributed by atoms with E-state index in [1.54, 1.807) is 13.0 Å². The van der Waals surface area contributed by atoms with Gasteiger partial charge in [-0.05, 0) is 82.3 Å². The molecule has 31 heavy (non-hydrogen) atoms. The zero-order valence-electron chi connectivity index (χ0n) is 18.1. The molecule has 7 heteroatoms. The summed E-state index contributed by atoms with van der Waals surface area (Å²) in [4.78, 5) is 42.5. The Morgan fingerprint density at radius 2 is 1.84 bits per heavy atom. The lowest BCUT2D eigenvalue weighted by atomic mass is 9.49. The maximum absolute atomic E-state index is 13.1. The molecule has 0 saturated heterocycles. The molecule has 164 valence electrons. The van der Waals surface area contributed by atoms with Crippen LogP contribution in [0.25, 0.3) is 5.65 Å². The molecule has 0 aliphatic heterocycles. The quantitative estimate of drug-likeness (QED) is 0.747. The summed E-state index contributed by atoms with van der Waals surface area (Å²) in [5.74, 6) is 1.50. The van der Waals surface area contributed by atoms with Crippen LogP contribution < -0.4 is 10.9 Å². The summed E-state index contributed by atoms with van der Waals surface area (Å²) in [5.41, 5.74) is 1.19. The molecule has 4 fully saturated rings. The molecule has 4 aliphatic carbocycles. The highest BCUT2D eigenvalue weighted by Crippen LogP contribution is 2.60. The summed E-state index contributed by atoms with van der Waals surface area (Å²) >= 11 is 0. The molecule has 0 aromatic carbocycles. The lowest BCUT2D eigenvalue weighted by molar-refractivity contribution is -0.154. The van der Waals surface area contributed by atoms with Gasteiger partial charge < -0.3 is 10.1 Å². The summed E-state index contributed by atoms with van der Waals surface area (Å²) in [6, 6.07) is 6.06. The molecular formula is C24H29N3O4. The van der Waals surface area contributed by atoms with E-state index in [1.807, 2.05) is 19.1 Å². The highest BCUT2D eigenvalue weighted by Gasteiger charge is 2.54. The van der Waals surface area contributed by atoms with Crippen LogP contribution >= 0.6 is 0 Å². The zero-order valence-corrected chi connectivity index (χ0v) is 18.1. The highest BCUT2D eigenvalue weighted by molar-refractivity contribution is 5.88. The number of rotatable bonds is 5. The lowest BCUT2D eigenvalue weighted by Crippen LogP contribution is -2.55. The zero-order chi connectivity index (χ0) is 21.8. The second-order valence-corrected chi connectivity index (χ2v) is 9.95. The third kappa shape index (κ3) is 3.64. The van der Waals surface area contributed by atoms with Gasteiger partial charge in [0.2, 0.25) is 5.91 Å². The summed E-state index contributed by atoms with van der Waals surface area (Å²) in [6.45, 7) is 3.40. The summed E-state index contributed by atoms with van der Waals surface area (Å²) in [5, 5.41) is 2.92. The number of fused-ring (bicyclic) bond motifs is 1. The van der Waals surface area contributed by atoms with Crippen LogP contribution in [0.4, 0.5) is 0 Å². The summed E-state index contributed by atoms with van der Waals surface area (Å²) in [6.07, 6.45) is 6.66. The average molecular weight is 424 g/mol. The number of hydrogen-bond donors (Lipinski definition) is 1. The SMILES string of the molecule is Cc1cccc2nc(COC(=O)[C@H](C)NC(=O)C34CC5CC(CC(C5)C3)C4)cc(=O)n12. The second kappa shape index (κ2) is 7.46. The number of pyridine rings is 1. The van der Waals surface area contributed by atoms with Crippen LogP contribution in [0.2, 0.25) is 0 Å². The molecule has 4 aliphatic rings. The van der Waals surface area contributed by atoms with Crippen molar-refractivity contribution >= 4 is 17.5 Å². The van der Waals surface area contributed by atoms with E-state index < -0.39 is 12.0 Å². The fraction of sp³-hybridized carbons (Fsp3) is 0.583. The first-order valence-corrected chi connectivity index (χ1v) is 11.3. The van der Waals surface area contributed by atoms with Gasteiger partial charge >= 0.3 is 5.97 Å². The van der Waals surface area contributed by atoms with Gasteiger partial charge in [0.15, 0.2) is 0 Å². The molecule has 7 nitrogen and oxygen atoms in total. The molecular weight excluding hydrogens is 394 g/mol. The Hall–Kier alpha value is -2.70. The Morgan fingerprint density at radius 1 is 1.19 bits per heavy atom. The van der Waals surface area contributed by atoms with Gasteiger partial charge in [0.05, 0.1) is 5.69 Å². The third-order valence-electron chi connectivity index (χ3n) is 7.52. The molecule has 0 radical (unpaired) electrons. The topological polar surface area (TPSA) is 89.8 Å². The molecule has 1 atom stereocenters. The van der Waals surface area contributed by atoms with Crippen molar-refractivity contribution in [2.24, 2.45) is 23.2 Å². The number of aryl methyl sites for hydroxylation is 1. The van der Waals surface area contributed by atoms with E-state index in [0.717, 1.165) is 25.0 Å². The van der Waals surface area contributed by atoms with Crippen molar-refractivity contribution in [1.29, 1.82) is 0 Å². The smallest absolute Gasteiger partial charge is 0.328 e. The number of nitrogens with one attached hydrogen (secondary N) is 1. The maximum Gasteiger partial charge on any atom is 0.328 e. The molecule has 4 saturated carbocycles. The normalized spacial score (nSPS) is 29.7. The molecule has 0 unspecified atom stereocenters. The van der Waals surface area contributed by atoms with Gasteiger partial charge in [-0.15, -0.1) is 0 Å². The van der Waals surface area contributed by atoms with Gasteiger partial charge in [0.25, 0.3) is 5.56 Å². The van der Waals surface area contributed by atoms with E-state index in [1.165, 1.54) is 29.7 Å². The predicted octanol–water partition coefficient (Wildman–Crippen LogP) is 2.77. The first-order chi connectivity index (χ1) is 14.8. The first-order valence-electron chi connectivity index (χ1n) is 11.3. The van der Waals surface area contributed by atoms with Crippen molar-refractivity contribution < 1.29 is 14.3 Å². The number of carbonyl (C=O) groups is 2. The van der Waals surface area contributed by atoms with Gasteiger partial charge in [-0.25, -0.2) is 9.78 Å². The number of carbonyl (C=O) groups excluding carboxylic acids is 2. The van der Waals surface area contributed by atoms with Crippen molar-refractivity contribution in [3.05, 3.63) is 46.0 Å². The second-order valence-electron chi connectivity index (χ2n) is 9.95. The van der Waals surface area contributed by atoms with E-state index in [0.29, 0.717) is 29.1 Å². The van der Waals surface area contributed by atoms with E-state index in [4.69, 9.17) is 4.74 Å². The van der Waals surface area contributed by atoms with E-state index >= 15 is 0 Å². The number of hydrogen-bond acceptors (Lipinski definition) is 5. The van der Waals surface area contributed by atoms with Gasteiger partial charge in [0.1, 0.15) is 18.3 Å².